The van der Waals surface area contributed by atoms with Crippen LogP contribution in [0.25, 0.3) is 10.2 Å². The molecule has 0 bridgehead atoms. The molecule has 0 radical (unpaired) electrons. The zero-order valence-electron chi connectivity index (χ0n) is 15.3. The van der Waals surface area contributed by atoms with Crippen molar-refractivity contribution >= 4 is 27.3 Å². The van der Waals surface area contributed by atoms with Gasteiger partial charge in [-0.15, -0.1) is 11.3 Å². The van der Waals surface area contributed by atoms with Gasteiger partial charge in [0.05, 0.1) is 18.3 Å². The van der Waals surface area contributed by atoms with Gasteiger partial charge in [-0.2, -0.15) is 0 Å². The lowest BCUT2D eigenvalue weighted by Crippen LogP contribution is -2.25. The number of benzene rings is 1. The third kappa shape index (κ3) is 2.90. The van der Waals surface area contributed by atoms with Gasteiger partial charge < -0.3 is 0 Å². The summed E-state index contributed by atoms with van der Waals surface area (Å²) in [4.78, 5) is 32.3. The van der Waals surface area contributed by atoms with E-state index in [0.29, 0.717) is 11.5 Å². The molecule has 3 aromatic rings. The first-order valence-corrected chi connectivity index (χ1v) is 9.86. The molecule has 2 aromatic heterocycles. The third-order valence-corrected chi connectivity index (χ3v) is 6.44. The molecule has 0 aliphatic heterocycles. The summed E-state index contributed by atoms with van der Waals surface area (Å²) in [5, 5.41) is 0.729. The molecule has 1 atom stereocenters. The van der Waals surface area contributed by atoms with Crippen LogP contribution < -0.4 is 5.56 Å². The standard InChI is InChI=1S/C21H22N2O2S/c1-12-4-6-15(14(3)8-12)17(24)10-23-11-22-20-19(21(23)25)16-7-5-13(2)9-18(16)26-20/h4,6,8,11,13H,5,7,9-10H2,1-3H3. The van der Waals surface area contributed by atoms with Crippen molar-refractivity contribution in [3.63, 3.8) is 0 Å². The topological polar surface area (TPSA) is 52.0 Å². The SMILES string of the molecule is Cc1ccc(C(=O)Cn2cnc3sc4c(c3c2=O)CCC(C)C4)c(C)c1. The van der Waals surface area contributed by atoms with Gasteiger partial charge in [0.25, 0.3) is 5.56 Å². The summed E-state index contributed by atoms with van der Waals surface area (Å²) < 4.78 is 1.47. The number of rotatable bonds is 3. The summed E-state index contributed by atoms with van der Waals surface area (Å²) in [6, 6.07) is 5.77. The maximum absolute atomic E-state index is 13.0. The summed E-state index contributed by atoms with van der Waals surface area (Å²) in [7, 11) is 0. The molecule has 4 nitrogen and oxygen atoms in total. The molecule has 0 N–H and O–H groups in total. The van der Waals surface area contributed by atoms with Gasteiger partial charge in [-0.25, -0.2) is 4.98 Å². The van der Waals surface area contributed by atoms with Crippen LogP contribution in [0.2, 0.25) is 0 Å². The van der Waals surface area contributed by atoms with Gasteiger partial charge in [0, 0.05) is 10.4 Å². The average molecular weight is 366 g/mol. The molecule has 0 saturated heterocycles. The zero-order chi connectivity index (χ0) is 18.4. The van der Waals surface area contributed by atoms with Crippen LogP contribution in [-0.2, 0) is 19.4 Å². The number of aryl methyl sites for hydroxylation is 3. The van der Waals surface area contributed by atoms with Gasteiger partial charge in [0.2, 0.25) is 0 Å². The Morgan fingerprint density at radius 2 is 2.15 bits per heavy atom. The lowest BCUT2D eigenvalue weighted by atomic mass is 9.89. The Labute approximate surface area is 156 Å². The van der Waals surface area contributed by atoms with Crippen LogP contribution in [0, 0.1) is 19.8 Å². The molecule has 5 heteroatoms. The molecule has 2 heterocycles. The minimum absolute atomic E-state index is 0.0344. The lowest BCUT2D eigenvalue weighted by Gasteiger charge is -2.17. The number of carbonyl (C=O) groups excluding carboxylic acids is 1. The van der Waals surface area contributed by atoms with Crippen LogP contribution in [0.4, 0.5) is 0 Å². The van der Waals surface area contributed by atoms with E-state index in [1.165, 1.54) is 15.8 Å². The number of ketones is 1. The first-order chi connectivity index (χ1) is 12.4. The predicted molar refractivity (Wildman–Crippen MR) is 105 cm³/mol. The van der Waals surface area contributed by atoms with E-state index in [1.807, 2.05) is 32.0 Å². The molecule has 134 valence electrons. The molecule has 0 amide bonds. The highest BCUT2D eigenvalue weighted by atomic mass is 32.1. The molecule has 0 fully saturated rings. The Bertz CT molecular complexity index is 1080. The second kappa shape index (κ2) is 6.47. The van der Waals surface area contributed by atoms with Crippen LogP contribution in [0.5, 0.6) is 0 Å². The van der Waals surface area contributed by atoms with Crippen molar-refractivity contribution in [1.82, 2.24) is 9.55 Å². The molecule has 1 aliphatic rings. The van der Waals surface area contributed by atoms with Crippen LogP contribution >= 0.6 is 11.3 Å². The van der Waals surface area contributed by atoms with E-state index in [-0.39, 0.29) is 17.9 Å². The maximum atomic E-state index is 13.0. The summed E-state index contributed by atoms with van der Waals surface area (Å²) >= 11 is 1.64. The molecule has 1 unspecified atom stereocenters. The number of nitrogens with zero attached hydrogens (tertiary/aromatic N) is 2. The second-order valence-corrected chi connectivity index (χ2v) is 8.53. The predicted octanol–water partition coefficient (Wildman–Crippen LogP) is 4.08. The largest absolute Gasteiger partial charge is 0.292 e. The Kier molecular flexibility index (Phi) is 4.27. The number of Topliss-reactive ketones (excluding diaryl/α,β-unsaturated/α-hetero) is 1. The number of hydrogen-bond acceptors (Lipinski definition) is 4. The van der Waals surface area contributed by atoms with Crippen molar-refractivity contribution in [3.05, 3.63) is 62.0 Å². The third-order valence-electron chi connectivity index (χ3n) is 5.28. The smallest absolute Gasteiger partial charge is 0.262 e. The Morgan fingerprint density at radius 3 is 2.92 bits per heavy atom. The van der Waals surface area contributed by atoms with E-state index in [4.69, 9.17) is 0 Å². The van der Waals surface area contributed by atoms with Crippen molar-refractivity contribution < 1.29 is 4.79 Å². The summed E-state index contributed by atoms with van der Waals surface area (Å²) in [6.45, 7) is 6.22. The van der Waals surface area contributed by atoms with Gasteiger partial charge in [-0.1, -0.05) is 30.7 Å². The molecule has 26 heavy (non-hydrogen) atoms. The highest BCUT2D eigenvalue weighted by Crippen LogP contribution is 2.35. The molecule has 4 rings (SSSR count). The Morgan fingerprint density at radius 1 is 1.35 bits per heavy atom. The first-order valence-electron chi connectivity index (χ1n) is 9.04. The molecule has 0 saturated carbocycles. The normalized spacial score (nSPS) is 16.7. The van der Waals surface area contributed by atoms with E-state index in [2.05, 4.69) is 11.9 Å². The van der Waals surface area contributed by atoms with Crippen molar-refractivity contribution in [2.24, 2.45) is 5.92 Å². The average Bonchev–Trinajstić information content (AvgIpc) is 2.95. The summed E-state index contributed by atoms with van der Waals surface area (Å²) in [6.07, 6.45) is 4.59. The first kappa shape index (κ1) is 17.2. The summed E-state index contributed by atoms with van der Waals surface area (Å²) in [5.41, 5.74) is 3.82. The van der Waals surface area contributed by atoms with Crippen LogP contribution in [0.3, 0.4) is 0 Å². The number of hydrogen-bond donors (Lipinski definition) is 0. The fraction of sp³-hybridized carbons (Fsp3) is 0.381. The van der Waals surface area contributed by atoms with Crippen molar-refractivity contribution in [1.29, 1.82) is 0 Å². The van der Waals surface area contributed by atoms with E-state index < -0.39 is 0 Å². The van der Waals surface area contributed by atoms with E-state index >= 15 is 0 Å². The van der Waals surface area contributed by atoms with E-state index in [0.717, 1.165) is 46.2 Å². The molecule has 1 aromatic carbocycles. The number of thiophene rings is 1. The van der Waals surface area contributed by atoms with Crippen molar-refractivity contribution in [2.75, 3.05) is 0 Å². The van der Waals surface area contributed by atoms with Crippen LogP contribution in [-0.4, -0.2) is 15.3 Å². The number of carbonyl (C=O) groups is 1. The lowest BCUT2D eigenvalue weighted by molar-refractivity contribution is 0.0970. The van der Waals surface area contributed by atoms with Crippen LogP contribution in [0.15, 0.2) is 29.3 Å². The van der Waals surface area contributed by atoms with Crippen molar-refractivity contribution in [3.8, 4) is 0 Å². The van der Waals surface area contributed by atoms with Gasteiger partial charge in [-0.05, 0) is 50.2 Å². The van der Waals surface area contributed by atoms with Gasteiger partial charge in [-0.3, -0.25) is 14.2 Å². The number of fused-ring (bicyclic) bond motifs is 3. The Hall–Kier alpha value is -2.27. The fourth-order valence-electron chi connectivity index (χ4n) is 3.85. The molecule has 0 spiro atoms. The van der Waals surface area contributed by atoms with Crippen molar-refractivity contribution in [2.45, 2.75) is 46.6 Å². The Balaban J connectivity index is 1.72. The quantitative estimate of drug-likeness (QED) is 0.656. The fourth-order valence-corrected chi connectivity index (χ4v) is 5.19. The molecule has 1 aliphatic carbocycles. The van der Waals surface area contributed by atoms with E-state index in [9.17, 15) is 9.59 Å². The summed E-state index contributed by atoms with van der Waals surface area (Å²) in [5.74, 6) is 0.604. The minimum atomic E-state index is -0.0832. The van der Waals surface area contributed by atoms with Crippen LogP contribution in [0.1, 0.15) is 45.3 Å². The number of aromatic nitrogens is 2. The van der Waals surface area contributed by atoms with Gasteiger partial charge in [0.15, 0.2) is 5.78 Å². The van der Waals surface area contributed by atoms with Gasteiger partial charge in [0.1, 0.15) is 4.83 Å². The van der Waals surface area contributed by atoms with E-state index in [1.54, 1.807) is 11.3 Å². The molecular formula is C21H22N2O2S. The second-order valence-electron chi connectivity index (χ2n) is 7.45. The minimum Gasteiger partial charge on any atom is -0.292 e. The molecular weight excluding hydrogens is 344 g/mol. The highest BCUT2D eigenvalue weighted by Gasteiger charge is 2.23. The maximum Gasteiger partial charge on any atom is 0.262 e. The zero-order valence-corrected chi connectivity index (χ0v) is 16.2. The monoisotopic (exact) mass is 366 g/mol. The van der Waals surface area contributed by atoms with Gasteiger partial charge >= 0.3 is 0 Å². The highest BCUT2D eigenvalue weighted by molar-refractivity contribution is 7.18.